The number of nitrogens with one attached hydrogen (secondary N) is 1. The van der Waals surface area contributed by atoms with Crippen molar-refractivity contribution in [3.8, 4) is 0 Å². The molecule has 0 aliphatic rings. The molecule has 0 bridgehead atoms. The van der Waals surface area contributed by atoms with E-state index >= 15 is 0 Å². The van der Waals surface area contributed by atoms with Crippen molar-refractivity contribution in [3.63, 3.8) is 0 Å². The number of halogens is 3. The van der Waals surface area contributed by atoms with Crippen LogP contribution in [-0.2, 0) is 12.7 Å². The first-order chi connectivity index (χ1) is 7.82. The molecular weight excluding hydrogens is 235 g/mol. The highest BCUT2D eigenvalue weighted by molar-refractivity contribution is 5.62. The van der Waals surface area contributed by atoms with Gasteiger partial charge in [0.25, 0.3) is 0 Å². The van der Waals surface area contributed by atoms with Crippen molar-refractivity contribution in [1.82, 2.24) is 5.32 Å². The third-order valence-corrected chi connectivity index (χ3v) is 2.02. The lowest BCUT2D eigenvalue weighted by molar-refractivity contribution is -0.251. The number of carboxylic acid groups (broad SMARTS) is 1. The van der Waals surface area contributed by atoms with Gasteiger partial charge in [0.2, 0.25) is 0 Å². The second-order valence-corrected chi connectivity index (χ2v) is 3.31. The third kappa shape index (κ3) is 3.82. The smallest absolute Gasteiger partial charge is 0.416 e. The first-order valence-corrected chi connectivity index (χ1v) is 4.61. The van der Waals surface area contributed by atoms with Gasteiger partial charge in [0, 0.05) is 6.54 Å². The minimum absolute atomic E-state index is 0.193. The molecule has 0 aliphatic carbocycles. The van der Waals surface area contributed by atoms with Gasteiger partial charge >= 0.3 is 6.18 Å². The molecule has 0 aliphatic heterocycles. The fraction of sp³-hybridized carbons (Fsp3) is 0.182. The van der Waals surface area contributed by atoms with E-state index in [1.54, 1.807) is 0 Å². The van der Waals surface area contributed by atoms with Crippen LogP contribution in [0, 0.1) is 0 Å². The summed E-state index contributed by atoms with van der Waals surface area (Å²) in [5.41, 5.74) is -0.376. The first-order valence-electron chi connectivity index (χ1n) is 4.61. The maximum absolute atomic E-state index is 12.5. The second kappa shape index (κ2) is 4.90. The van der Waals surface area contributed by atoms with Crippen molar-refractivity contribution in [2.75, 3.05) is 0 Å². The standard InChI is InChI=1S/C11H10F3NO2/c1-2-7-3-8(6-15-10(16)17)5-9(4-7)11(12,13)14/h2-5,15H,1,6H2,(H,16,17)/p-1. The highest BCUT2D eigenvalue weighted by Gasteiger charge is 2.30. The molecule has 0 saturated heterocycles. The Bertz CT molecular complexity index is 441. The van der Waals surface area contributed by atoms with Crippen LogP contribution in [0.2, 0.25) is 0 Å². The van der Waals surface area contributed by atoms with Gasteiger partial charge in [-0.25, -0.2) is 0 Å². The van der Waals surface area contributed by atoms with Gasteiger partial charge in [-0.3, -0.25) is 0 Å². The zero-order valence-corrected chi connectivity index (χ0v) is 8.67. The van der Waals surface area contributed by atoms with Crippen LogP contribution in [0.4, 0.5) is 18.0 Å². The van der Waals surface area contributed by atoms with Gasteiger partial charge in [-0.15, -0.1) is 0 Å². The Labute approximate surface area is 95.6 Å². The number of amides is 1. The summed E-state index contributed by atoms with van der Waals surface area (Å²) in [6.45, 7) is 3.13. The van der Waals surface area contributed by atoms with Gasteiger partial charge in [-0.1, -0.05) is 12.7 Å². The lowest BCUT2D eigenvalue weighted by Crippen LogP contribution is -2.35. The maximum atomic E-state index is 12.5. The van der Waals surface area contributed by atoms with E-state index in [9.17, 15) is 23.1 Å². The van der Waals surface area contributed by atoms with E-state index in [4.69, 9.17) is 0 Å². The second-order valence-electron chi connectivity index (χ2n) is 3.31. The predicted molar refractivity (Wildman–Crippen MR) is 53.8 cm³/mol. The van der Waals surface area contributed by atoms with E-state index in [0.29, 0.717) is 0 Å². The predicted octanol–water partition coefficient (Wildman–Crippen LogP) is 1.78. The van der Waals surface area contributed by atoms with Crippen LogP contribution in [0.1, 0.15) is 16.7 Å². The van der Waals surface area contributed by atoms with Crippen molar-refractivity contribution >= 4 is 12.2 Å². The maximum Gasteiger partial charge on any atom is 0.416 e. The Morgan fingerprint density at radius 3 is 2.53 bits per heavy atom. The monoisotopic (exact) mass is 244 g/mol. The SMILES string of the molecule is C=Cc1cc(CNC(=O)[O-])cc(C(F)(F)F)c1. The van der Waals surface area contributed by atoms with Crippen molar-refractivity contribution < 1.29 is 23.1 Å². The average Bonchev–Trinajstić information content (AvgIpc) is 2.24. The number of carbonyl (C=O) groups is 1. The quantitative estimate of drug-likeness (QED) is 0.881. The summed E-state index contributed by atoms with van der Waals surface area (Å²) in [5.74, 6) is 0. The molecule has 1 N–H and O–H groups in total. The Kier molecular flexibility index (Phi) is 3.77. The Hall–Kier alpha value is -1.98. The molecular formula is C11H9F3NO2-. The summed E-state index contributed by atoms with van der Waals surface area (Å²) in [6.07, 6.45) is -4.75. The fourth-order valence-electron chi connectivity index (χ4n) is 1.28. The zero-order chi connectivity index (χ0) is 13.1. The molecule has 0 saturated carbocycles. The van der Waals surface area contributed by atoms with E-state index in [1.165, 1.54) is 12.1 Å². The summed E-state index contributed by atoms with van der Waals surface area (Å²) in [5, 5.41) is 12.0. The number of carbonyl (C=O) groups excluding carboxylic acids is 1. The molecule has 1 aromatic rings. The van der Waals surface area contributed by atoms with Gasteiger partial charge in [0.15, 0.2) is 0 Å². The van der Waals surface area contributed by atoms with Gasteiger partial charge in [-0.2, -0.15) is 13.2 Å². The molecule has 0 heterocycles. The van der Waals surface area contributed by atoms with Crippen LogP contribution in [0.5, 0.6) is 0 Å². The highest BCUT2D eigenvalue weighted by Crippen LogP contribution is 2.30. The van der Waals surface area contributed by atoms with Crippen LogP contribution >= 0.6 is 0 Å². The van der Waals surface area contributed by atoms with Crippen molar-refractivity contribution in [1.29, 1.82) is 0 Å². The molecule has 3 nitrogen and oxygen atoms in total. The number of hydrogen-bond acceptors (Lipinski definition) is 2. The first kappa shape index (κ1) is 13.1. The number of benzene rings is 1. The number of hydrogen-bond donors (Lipinski definition) is 1. The van der Waals surface area contributed by atoms with E-state index in [0.717, 1.165) is 12.1 Å². The lowest BCUT2D eigenvalue weighted by atomic mass is 10.1. The minimum atomic E-state index is -4.48. The van der Waals surface area contributed by atoms with Gasteiger partial charge in [-0.05, 0) is 29.3 Å². The molecule has 17 heavy (non-hydrogen) atoms. The molecule has 0 aromatic heterocycles. The summed E-state index contributed by atoms with van der Waals surface area (Å²) >= 11 is 0. The van der Waals surface area contributed by atoms with Crippen LogP contribution < -0.4 is 10.4 Å². The molecule has 92 valence electrons. The number of alkyl halides is 3. The van der Waals surface area contributed by atoms with Crippen molar-refractivity contribution in [2.24, 2.45) is 0 Å². The molecule has 6 heteroatoms. The van der Waals surface area contributed by atoms with Crippen molar-refractivity contribution in [2.45, 2.75) is 12.7 Å². The van der Waals surface area contributed by atoms with E-state index < -0.39 is 17.8 Å². The fourth-order valence-corrected chi connectivity index (χ4v) is 1.28. The summed E-state index contributed by atoms with van der Waals surface area (Å²) < 4.78 is 37.5. The lowest BCUT2D eigenvalue weighted by Gasteiger charge is -2.12. The van der Waals surface area contributed by atoms with E-state index in [2.05, 4.69) is 6.58 Å². The molecule has 1 amide bonds. The highest BCUT2D eigenvalue weighted by atomic mass is 19.4. The average molecular weight is 244 g/mol. The van der Waals surface area contributed by atoms with E-state index in [-0.39, 0.29) is 17.7 Å². The molecule has 0 atom stereocenters. The van der Waals surface area contributed by atoms with Gasteiger partial charge in [0.1, 0.15) is 6.09 Å². The van der Waals surface area contributed by atoms with Gasteiger partial charge in [0.05, 0.1) is 5.56 Å². The van der Waals surface area contributed by atoms with Crippen LogP contribution in [0.15, 0.2) is 24.8 Å². The number of rotatable bonds is 3. The Balaban J connectivity index is 3.05. The minimum Gasteiger partial charge on any atom is -0.530 e. The van der Waals surface area contributed by atoms with E-state index in [1.807, 2.05) is 5.32 Å². The van der Waals surface area contributed by atoms with Gasteiger partial charge < -0.3 is 15.2 Å². The zero-order valence-electron chi connectivity index (χ0n) is 8.67. The topological polar surface area (TPSA) is 52.2 Å². The molecule has 1 aromatic carbocycles. The Morgan fingerprint density at radius 2 is 2.06 bits per heavy atom. The normalized spacial score (nSPS) is 11.0. The molecule has 0 unspecified atom stereocenters. The molecule has 0 spiro atoms. The summed E-state index contributed by atoms with van der Waals surface area (Å²) in [7, 11) is 0. The molecule has 1 rings (SSSR count). The van der Waals surface area contributed by atoms with Crippen LogP contribution in [0.3, 0.4) is 0 Å². The van der Waals surface area contributed by atoms with Crippen molar-refractivity contribution in [3.05, 3.63) is 41.5 Å². The summed E-state index contributed by atoms with van der Waals surface area (Å²) in [4.78, 5) is 10.1. The van der Waals surface area contributed by atoms with Crippen LogP contribution in [0.25, 0.3) is 6.08 Å². The molecule has 0 fully saturated rings. The molecule has 0 radical (unpaired) electrons. The third-order valence-electron chi connectivity index (χ3n) is 2.02. The van der Waals surface area contributed by atoms with Crippen LogP contribution in [-0.4, -0.2) is 6.09 Å². The summed E-state index contributed by atoms with van der Waals surface area (Å²) in [6, 6.07) is 3.23. The Morgan fingerprint density at radius 1 is 1.41 bits per heavy atom. The largest absolute Gasteiger partial charge is 0.530 e.